The predicted molar refractivity (Wildman–Crippen MR) is 51.5 cm³/mol. The molecular weight excluding hydrogens is 168 g/mol. The highest BCUT2D eigenvalue weighted by atomic mass is 16.5. The second kappa shape index (κ2) is 8.05. The van der Waals surface area contributed by atoms with Gasteiger partial charge >= 0.3 is 5.97 Å². The van der Waals surface area contributed by atoms with Crippen LogP contribution < -0.4 is 0 Å². The summed E-state index contributed by atoms with van der Waals surface area (Å²) in [6.07, 6.45) is 2.17. The first-order chi connectivity index (χ1) is 6.22. The van der Waals surface area contributed by atoms with Gasteiger partial charge in [-0.3, -0.25) is 4.79 Å². The average Bonchev–Trinajstić information content (AvgIpc) is 2.12. The Morgan fingerprint density at radius 2 is 2.08 bits per heavy atom. The van der Waals surface area contributed by atoms with Gasteiger partial charge in [0.15, 0.2) is 0 Å². The molecule has 0 saturated heterocycles. The van der Waals surface area contributed by atoms with Crippen molar-refractivity contribution in [2.75, 3.05) is 19.8 Å². The molecule has 0 aliphatic carbocycles. The van der Waals surface area contributed by atoms with Crippen LogP contribution in [0.4, 0.5) is 0 Å². The molecule has 0 aliphatic heterocycles. The molecule has 1 atom stereocenters. The highest BCUT2D eigenvalue weighted by molar-refractivity contribution is 5.72. The van der Waals surface area contributed by atoms with Gasteiger partial charge in [-0.25, -0.2) is 0 Å². The molecule has 3 heteroatoms. The van der Waals surface area contributed by atoms with E-state index in [2.05, 4.69) is 6.92 Å². The fourth-order valence-electron chi connectivity index (χ4n) is 0.859. The van der Waals surface area contributed by atoms with E-state index in [4.69, 9.17) is 9.47 Å². The van der Waals surface area contributed by atoms with Crippen LogP contribution in [0.3, 0.4) is 0 Å². The van der Waals surface area contributed by atoms with Gasteiger partial charge < -0.3 is 9.47 Å². The van der Waals surface area contributed by atoms with Gasteiger partial charge in [0.1, 0.15) is 0 Å². The lowest BCUT2D eigenvalue weighted by atomic mass is 10.2. The van der Waals surface area contributed by atoms with E-state index in [0.29, 0.717) is 13.2 Å². The minimum atomic E-state index is -0.168. The molecule has 0 radical (unpaired) electrons. The summed E-state index contributed by atoms with van der Waals surface area (Å²) in [4.78, 5) is 11.1. The molecule has 0 saturated carbocycles. The Morgan fingerprint density at radius 1 is 1.38 bits per heavy atom. The third-order valence-corrected chi connectivity index (χ3v) is 1.70. The van der Waals surface area contributed by atoms with Crippen LogP contribution in [0, 0.1) is 5.92 Å². The van der Waals surface area contributed by atoms with E-state index in [-0.39, 0.29) is 11.9 Å². The van der Waals surface area contributed by atoms with Crippen LogP contribution in [-0.4, -0.2) is 25.8 Å². The van der Waals surface area contributed by atoms with E-state index in [1.54, 1.807) is 0 Å². The van der Waals surface area contributed by atoms with Crippen LogP contribution in [0.5, 0.6) is 0 Å². The number of ether oxygens (including phenoxy) is 2. The van der Waals surface area contributed by atoms with Crippen molar-refractivity contribution in [3.63, 3.8) is 0 Å². The number of carbonyl (C=O) groups is 1. The van der Waals surface area contributed by atoms with Crippen LogP contribution in [0.25, 0.3) is 0 Å². The lowest BCUT2D eigenvalue weighted by Crippen LogP contribution is -2.20. The molecule has 3 nitrogen and oxygen atoms in total. The Morgan fingerprint density at radius 3 is 2.62 bits per heavy atom. The maximum atomic E-state index is 11.1. The SMILES string of the molecule is CCCCOCC(C)C(=O)OCC. The monoisotopic (exact) mass is 188 g/mol. The smallest absolute Gasteiger partial charge is 0.310 e. The summed E-state index contributed by atoms with van der Waals surface area (Å²) < 4.78 is 10.1. The van der Waals surface area contributed by atoms with Crippen LogP contribution in [0.2, 0.25) is 0 Å². The number of rotatable bonds is 7. The van der Waals surface area contributed by atoms with Crippen molar-refractivity contribution >= 4 is 5.97 Å². The minimum absolute atomic E-state index is 0.142. The Kier molecular flexibility index (Phi) is 7.69. The molecular formula is C10H20O3. The lowest BCUT2D eigenvalue weighted by Gasteiger charge is -2.10. The summed E-state index contributed by atoms with van der Waals surface area (Å²) >= 11 is 0. The average molecular weight is 188 g/mol. The van der Waals surface area contributed by atoms with Crippen LogP contribution >= 0.6 is 0 Å². The Balaban J connectivity index is 3.38. The fraction of sp³-hybridized carbons (Fsp3) is 0.900. The maximum Gasteiger partial charge on any atom is 0.310 e. The molecule has 0 aromatic carbocycles. The van der Waals surface area contributed by atoms with Gasteiger partial charge in [0, 0.05) is 6.61 Å². The molecule has 0 amide bonds. The Hall–Kier alpha value is -0.570. The molecule has 78 valence electrons. The van der Waals surface area contributed by atoms with E-state index in [0.717, 1.165) is 19.4 Å². The van der Waals surface area contributed by atoms with E-state index < -0.39 is 0 Å². The number of unbranched alkanes of at least 4 members (excludes halogenated alkanes) is 1. The summed E-state index contributed by atoms with van der Waals surface area (Å²) in [7, 11) is 0. The van der Waals surface area contributed by atoms with Gasteiger partial charge in [-0.15, -0.1) is 0 Å². The standard InChI is InChI=1S/C10H20O3/c1-4-6-7-12-8-9(3)10(11)13-5-2/h9H,4-8H2,1-3H3. The van der Waals surface area contributed by atoms with Gasteiger partial charge in [0.2, 0.25) is 0 Å². The summed E-state index contributed by atoms with van der Waals surface area (Å²) in [6, 6.07) is 0. The summed E-state index contributed by atoms with van der Waals surface area (Å²) in [5.74, 6) is -0.309. The van der Waals surface area contributed by atoms with Gasteiger partial charge in [0.05, 0.1) is 19.1 Å². The number of hydrogen-bond acceptors (Lipinski definition) is 3. The highest BCUT2D eigenvalue weighted by Crippen LogP contribution is 2.00. The van der Waals surface area contributed by atoms with Gasteiger partial charge in [-0.1, -0.05) is 13.3 Å². The van der Waals surface area contributed by atoms with Crippen LogP contribution in [0.15, 0.2) is 0 Å². The fourth-order valence-corrected chi connectivity index (χ4v) is 0.859. The molecule has 0 aromatic heterocycles. The Labute approximate surface area is 80.4 Å². The highest BCUT2D eigenvalue weighted by Gasteiger charge is 2.13. The normalized spacial score (nSPS) is 12.5. The molecule has 1 unspecified atom stereocenters. The first kappa shape index (κ1) is 12.4. The Bertz CT molecular complexity index is 134. The topological polar surface area (TPSA) is 35.5 Å². The van der Waals surface area contributed by atoms with Gasteiger partial charge in [-0.05, 0) is 20.3 Å². The molecule has 0 rings (SSSR count). The third kappa shape index (κ3) is 6.58. The molecule has 0 heterocycles. The minimum Gasteiger partial charge on any atom is -0.466 e. The number of carbonyl (C=O) groups excluding carboxylic acids is 1. The molecule has 0 bridgehead atoms. The lowest BCUT2D eigenvalue weighted by molar-refractivity contribution is -0.149. The van der Waals surface area contributed by atoms with Crippen molar-refractivity contribution in [2.24, 2.45) is 5.92 Å². The molecule has 0 aromatic rings. The van der Waals surface area contributed by atoms with E-state index in [1.807, 2.05) is 13.8 Å². The van der Waals surface area contributed by atoms with Gasteiger partial charge in [0.25, 0.3) is 0 Å². The number of hydrogen-bond donors (Lipinski definition) is 0. The maximum absolute atomic E-state index is 11.1. The molecule has 13 heavy (non-hydrogen) atoms. The van der Waals surface area contributed by atoms with Crippen molar-refractivity contribution in [1.82, 2.24) is 0 Å². The first-order valence-electron chi connectivity index (χ1n) is 4.96. The van der Waals surface area contributed by atoms with Gasteiger partial charge in [-0.2, -0.15) is 0 Å². The van der Waals surface area contributed by atoms with Crippen LogP contribution in [-0.2, 0) is 14.3 Å². The zero-order chi connectivity index (χ0) is 10.1. The van der Waals surface area contributed by atoms with E-state index in [9.17, 15) is 4.79 Å². The van der Waals surface area contributed by atoms with Crippen molar-refractivity contribution in [2.45, 2.75) is 33.6 Å². The number of esters is 1. The molecule has 0 fully saturated rings. The zero-order valence-electron chi connectivity index (χ0n) is 8.84. The zero-order valence-corrected chi connectivity index (χ0v) is 8.84. The summed E-state index contributed by atoms with van der Waals surface area (Å²) in [6.45, 7) is 7.39. The third-order valence-electron chi connectivity index (χ3n) is 1.70. The second-order valence-electron chi connectivity index (χ2n) is 3.08. The van der Waals surface area contributed by atoms with Crippen molar-refractivity contribution in [3.8, 4) is 0 Å². The molecule has 0 N–H and O–H groups in total. The summed E-state index contributed by atoms with van der Waals surface area (Å²) in [5.41, 5.74) is 0. The first-order valence-corrected chi connectivity index (χ1v) is 4.96. The van der Waals surface area contributed by atoms with E-state index in [1.165, 1.54) is 0 Å². The molecule has 0 aliphatic rings. The van der Waals surface area contributed by atoms with E-state index >= 15 is 0 Å². The van der Waals surface area contributed by atoms with Crippen molar-refractivity contribution in [3.05, 3.63) is 0 Å². The molecule has 0 spiro atoms. The predicted octanol–water partition coefficient (Wildman–Crippen LogP) is 2.00. The quantitative estimate of drug-likeness (QED) is 0.453. The second-order valence-corrected chi connectivity index (χ2v) is 3.08. The van der Waals surface area contributed by atoms with Crippen LogP contribution in [0.1, 0.15) is 33.6 Å². The largest absolute Gasteiger partial charge is 0.466 e. The van der Waals surface area contributed by atoms with Crippen molar-refractivity contribution < 1.29 is 14.3 Å². The van der Waals surface area contributed by atoms with Crippen molar-refractivity contribution in [1.29, 1.82) is 0 Å². The summed E-state index contributed by atoms with van der Waals surface area (Å²) in [5, 5.41) is 0.